The largest absolute Gasteiger partial charge is 0.484 e. The van der Waals surface area contributed by atoms with Crippen molar-refractivity contribution in [3.05, 3.63) is 47.2 Å². The predicted octanol–water partition coefficient (Wildman–Crippen LogP) is 2.30. The molecule has 1 saturated heterocycles. The number of anilines is 1. The zero-order chi connectivity index (χ0) is 22.0. The molecule has 8 nitrogen and oxygen atoms in total. The maximum Gasteiger partial charge on any atom is 0.261 e. The van der Waals surface area contributed by atoms with Crippen LogP contribution in [0.2, 0.25) is 0 Å². The van der Waals surface area contributed by atoms with E-state index < -0.39 is 0 Å². The molecule has 1 aromatic heterocycles. The summed E-state index contributed by atoms with van der Waals surface area (Å²) < 4.78 is 18.6. The van der Waals surface area contributed by atoms with Gasteiger partial charge in [0.1, 0.15) is 17.4 Å². The summed E-state index contributed by atoms with van der Waals surface area (Å²) in [6, 6.07) is 5.38. The van der Waals surface area contributed by atoms with Gasteiger partial charge in [0.15, 0.2) is 12.4 Å². The number of ether oxygens (including phenoxy) is 1. The van der Waals surface area contributed by atoms with E-state index in [1.54, 1.807) is 23.8 Å². The molecule has 0 unspecified atom stereocenters. The molecule has 0 spiro atoms. The first-order chi connectivity index (χ1) is 15.0. The molecule has 0 aliphatic carbocycles. The van der Waals surface area contributed by atoms with Crippen molar-refractivity contribution in [2.24, 2.45) is 0 Å². The van der Waals surface area contributed by atoms with Crippen molar-refractivity contribution in [3.63, 3.8) is 0 Å². The molecular weight excluding hydrogens is 401 g/mol. The van der Waals surface area contributed by atoms with E-state index in [1.807, 2.05) is 0 Å². The summed E-state index contributed by atoms with van der Waals surface area (Å²) >= 11 is 0. The maximum atomic E-state index is 13.0. The standard InChI is InChI=1S/C22H26FN5O3/c1-14(29)27-11-9-18-17(12-27)21(24-2)26-22(25-18)19-4-3-10-28(19)20(30)13-31-16-7-5-15(23)6-8-16/h5-8,19H,3-4,9-13H2,1-2H3,(H,24,25,26)/t19-/m1/s1. The van der Waals surface area contributed by atoms with Gasteiger partial charge < -0.3 is 19.9 Å². The number of rotatable bonds is 5. The summed E-state index contributed by atoms with van der Waals surface area (Å²) in [5, 5.41) is 3.13. The Kier molecular flexibility index (Phi) is 6.01. The van der Waals surface area contributed by atoms with Crippen LogP contribution in [0.3, 0.4) is 0 Å². The van der Waals surface area contributed by atoms with Crippen molar-refractivity contribution in [1.29, 1.82) is 0 Å². The quantitative estimate of drug-likeness (QED) is 0.788. The molecule has 3 heterocycles. The van der Waals surface area contributed by atoms with Gasteiger partial charge in [0.2, 0.25) is 5.91 Å². The molecule has 2 aromatic rings. The van der Waals surface area contributed by atoms with Gasteiger partial charge in [0.25, 0.3) is 5.91 Å². The highest BCUT2D eigenvalue weighted by Gasteiger charge is 2.34. The number of fused-ring (bicyclic) bond motifs is 1. The molecule has 0 saturated carbocycles. The van der Waals surface area contributed by atoms with Crippen molar-refractivity contribution >= 4 is 17.6 Å². The van der Waals surface area contributed by atoms with E-state index in [0.717, 1.165) is 24.1 Å². The smallest absolute Gasteiger partial charge is 0.261 e. The van der Waals surface area contributed by atoms with Crippen molar-refractivity contribution < 1.29 is 18.7 Å². The second-order valence-electron chi connectivity index (χ2n) is 7.78. The van der Waals surface area contributed by atoms with Gasteiger partial charge in [0, 0.05) is 39.0 Å². The first kappa shape index (κ1) is 21.0. The van der Waals surface area contributed by atoms with Crippen molar-refractivity contribution in [3.8, 4) is 5.75 Å². The Balaban J connectivity index is 1.51. The summed E-state index contributed by atoms with van der Waals surface area (Å²) in [6.45, 7) is 3.17. The minimum Gasteiger partial charge on any atom is -0.484 e. The van der Waals surface area contributed by atoms with Gasteiger partial charge in [0.05, 0.1) is 18.3 Å². The molecule has 0 bridgehead atoms. The molecule has 0 radical (unpaired) electrons. The number of amides is 2. The third-order valence-corrected chi connectivity index (χ3v) is 5.81. The summed E-state index contributed by atoms with van der Waals surface area (Å²) in [7, 11) is 1.80. The Hall–Kier alpha value is -3.23. The lowest BCUT2D eigenvalue weighted by Crippen LogP contribution is -2.37. The first-order valence-corrected chi connectivity index (χ1v) is 10.5. The van der Waals surface area contributed by atoms with Crippen LogP contribution in [-0.4, -0.2) is 58.3 Å². The summed E-state index contributed by atoms with van der Waals surface area (Å²) in [6.07, 6.45) is 2.30. The van der Waals surface area contributed by atoms with Gasteiger partial charge >= 0.3 is 0 Å². The molecule has 9 heteroatoms. The SMILES string of the molecule is CNc1nc([C@H]2CCCN2C(=O)COc2ccc(F)cc2)nc2c1CN(C(C)=O)CC2. The fourth-order valence-corrected chi connectivity index (χ4v) is 4.15. The van der Waals surface area contributed by atoms with Crippen molar-refractivity contribution in [2.75, 3.05) is 32.1 Å². The van der Waals surface area contributed by atoms with Crippen molar-refractivity contribution in [1.82, 2.24) is 19.8 Å². The number of halogens is 1. The zero-order valence-corrected chi connectivity index (χ0v) is 17.7. The molecule has 2 amide bonds. The van der Waals surface area contributed by atoms with E-state index in [0.29, 0.717) is 43.4 Å². The van der Waals surface area contributed by atoms with Crippen LogP contribution in [0.15, 0.2) is 24.3 Å². The zero-order valence-electron chi connectivity index (χ0n) is 17.7. The molecule has 1 fully saturated rings. The summed E-state index contributed by atoms with van der Waals surface area (Å²) in [5.74, 6) is 1.30. The number of nitrogens with one attached hydrogen (secondary N) is 1. The summed E-state index contributed by atoms with van der Waals surface area (Å²) in [5.41, 5.74) is 1.86. The second-order valence-corrected chi connectivity index (χ2v) is 7.78. The molecule has 1 atom stereocenters. The van der Waals surface area contributed by atoms with Crippen LogP contribution in [0.5, 0.6) is 5.75 Å². The number of nitrogens with zero attached hydrogens (tertiary/aromatic N) is 4. The lowest BCUT2D eigenvalue weighted by Gasteiger charge is -2.30. The highest BCUT2D eigenvalue weighted by molar-refractivity contribution is 5.78. The van der Waals surface area contributed by atoms with Crippen LogP contribution in [0.1, 0.15) is 42.9 Å². The monoisotopic (exact) mass is 427 g/mol. The van der Waals surface area contributed by atoms with Crippen LogP contribution in [0, 0.1) is 5.82 Å². The fourth-order valence-electron chi connectivity index (χ4n) is 4.15. The Bertz CT molecular complexity index is 965. The van der Waals surface area contributed by atoms with Crippen molar-refractivity contribution in [2.45, 2.75) is 38.8 Å². The number of hydrogen-bond donors (Lipinski definition) is 1. The maximum absolute atomic E-state index is 13.0. The Labute approximate surface area is 180 Å². The highest BCUT2D eigenvalue weighted by Crippen LogP contribution is 2.33. The number of hydrogen-bond acceptors (Lipinski definition) is 6. The molecule has 31 heavy (non-hydrogen) atoms. The van der Waals surface area contributed by atoms with Gasteiger partial charge in [-0.1, -0.05) is 0 Å². The van der Waals surface area contributed by atoms with Gasteiger partial charge in [-0.15, -0.1) is 0 Å². The Morgan fingerprint density at radius 1 is 1.23 bits per heavy atom. The molecule has 2 aliphatic heterocycles. The van der Waals surface area contributed by atoms with E-state index in [2.05, 4.69) is 5.32 Å². The molecule has 2 aliphatic rings. The summed E-state index contributed by atoms with van der Waals surface area (Å²) in [4.78, 5) is 37.7. The Morgan fingerprint density at radius 2 is 2.00 bits per heavy atom. The number of aromatic nitrogens is 2. The fraction of sp³-hybridized carbons (Fsp3) is 0.455. The molecule has 1 N–H and O–H groups in total. The van der Waals surface area contributed by atoms with E-state index in [1.165, 1.54) is 24.3 Å². The number of benzene rings is 1. The van der Waals surface area contributed by atoms with E-state index in [9.17, 15) is 14.0 Å². The van der Waals surface area contributed by atoms with Gasteiger partial charge in [-0.3, -0.25) is 9.59 Å². The molecule has 1 aromatic carbocycles. The van der Waals surface area contributed by atoms with E-state index in [4.69, 9.17) is 14.7 Å². The number of likely N-dealkylation sites (tertiary alicyclic amines) is 1. The van der Waals surface area contributed by atoms with Crippen LogP contribution >= 0.6 is 0 Å². The van der Waals surface area contributed by atoms with Crippen LogP contribution in [0.4, 0.5) is 10.2 Å². The number of carbonyl (C=O) groups excluding carboxylic acids is 2. The van der Waals surface area contributed by atoms with Crippen LogP contribution in [-0.2, 0) is 22.6 Å². The third-order valence-electron chi connectivity index (χ3n) is 5.81. The average Bonchev–Trinajstić information content (AvgIpc) is 3.27. The first-order valence-electron chi connectivity index (χ1n) is 10.5. The van der Waals surface area contributed by atoms with Gasteiger partial charge in [-0.2, -0.15) is 0 Å². The second kappa shape index (κ2) is 8.87. The van der Waals surface area contributed by atoms with E-state index in [-0.39, 0.29) is 30.3 Å². The average molecular weight is 427 g/mol. The Morgan fingerprint density at radius 3 is 2.71 bits per heavy atom. The minimum absolute atomic E-state index is 0.0329. The molecule has 4 rings (SSSR count). The highest BCUT2D eigenvalue weighted by atomic mass is 19.1. The minimum atomic E-state index is -0.352. The third kappa shape index (κ3) is 4.45. The molecule has 164 valence electrons. The lowest BCUT2D eigenvalue weighted by molar-refractivity contribution is -0.134. The lowest BCUT2D eigenvalue weighted by atomic mass is 10.0. The topological polar surface area (TPSA) is 87.7 Å². The predicted molar refractivity (Wildman–Crippen MR) is 112 cm³/mol. The van der Waals surface area contributed by atoms with E-state index >= 15 is 0 Å². The number of carbonyl (C=O) groups is 2. The van der Waals surface area contributed by atoms with Crippen LogP contribution < -0.4 is 10.1 Å². The van der Waals surface area contributed by atoms with Gasteiger partial charge in [-0.25, -0.2) is 14.4 Å². The normalized spacial score (nSPS) is 18.0. The molecular formula is C22H26FN5O3. The van der Waals surface area contributed by atoms with Gasteiger partial charge in [-0.05, 0) is 37.1 Å². The van der Waals surface area contributed by atoms with Crippen LogP contribution in [0.25, 0.3) is 0 Å².